The summed E-state index contributed by atoms with van der Waals surface area (Å²) in [5.41, 5.74) is 15.4. The lowest BCUT2D eigenvalue weighted by molar-refractivity contribution is 0.711. The van der Waals surface area contributed by atoms with Crippen LogP contribution < -0.4 is 22.5 Å². The molecule has 0 aromatic rings. The highest BCUT2D eigenvalue weighted by Gasteiger charge is 1.73. The van der Waals surface area contributed by atoms with Crippen molar-refractivity contribution in [2.75, 3.05) is 33.2 Å². The van der Waals surface area contributed by atoms with Crippen LogP contribution in [0, 0.1) is 0 Å². The Morgan fingerprint density at radius 2 is 0.731 bits per heavy atom. The Kier molecular flexibility index (Phi) is 79.4. The van der Waals surface area contributed by atoms with Crippen molar-refractivity contribution in [3.05, 3.63) is 0 Å². The lowest BCUT2D eigenvalue weighted by Crippen LogP contribution is -2.06. The highest BCUT2D eigenvalue weighted by Crippen LogP contribution is 1.88. The molecule has 0 unspecified atom stereocenters. The van der Waals surface area contributed by atoms with Gasteiger partial charge in [0.05, 0.1) is 0 Å². The van der Waals surface area contributed by atoms with E-state index in [-0.39, 0.29) is 0 Å². The fraction of sp³-hybridized carbons (Fsp3) is 1.00. The van der Waals surface area contributed by atoms with Crippen LogP contribution in [0.15, 0.2) is 0 Å². The predicted octanol–water partition coefficient (Wildman–Crippen LogP) is 5.44. The van der Waals surface area contributed by atoms with Crippen LogP contribution in [0.1, 0.15) is 112 Å². The van der Waals surface area contributed by atoms with E-state index in [4.69, 9.17) is 17.2 Å². The van der Waals surface area contributed by atoms with Crippen molar-refractivity contribution in [2.24, 2.45) is 17.2 Å². The van der Waals surface area contributed by atoms with Crippen molar-refractivity contribution in [1.82, 2.24) is 5.32 Å². The van der Waals surface area contributed by atoms with Gasteiger partial charge in [-0.25, -0.2) is 0 Å². The molecule has 0 saturated carbocycles. The first-order chi connectivity index (χ1) is 12.6. The molecule has 0 amide bonds. The minimum absolute atomic E-state index is 0.844. The molecule has 26 heavy (non-hydrogen) atoms. The summed E-state index contributed by atoms with van der Waals surface area (Å²) in [5, 5.41) is 3.07. The Bertz CT molecular complexity index is 108. The summed E-state index contributed by atoms with van der Waals surface area (Å²) in [6.45, 7) is 16.7. The normalized spacial score (nSPS) is 8.54. The summed E-state index contributed by atoms with van der Waals surface area (Å²) in [4.78, 5) is 0. The quantitative estimate of drug-likeness (QED) is 0.360. The summed E-state index contributed by atoms with van der Waals surface area (Å²) in [6.07, 6.45) is 13.8. The largest absolute Gasteiger partial charge is 0.330 e. The Balaban J connectivity index is -0.0000000708. The summed E-state index contributed by atoms with van der Waals surface area (Å²) < 4.78 is 0. The van der Waals surface area contributed by atoms with E-state index < -0.39 is 0 Å². The maximum Gasteiger partial charge on any atom is -0.00520 e. The van der Waals surface area contributed by atoms with Gasteiger partial charge in [0.2, 0.25) is 0 Å². The second-order valence-corrected chi connectivity index (χ2v) is 6.24. The highest BCUT2D eigenvalue weighted by atomic mass is 14.8. The molecule has 0 bridgehead atoms. The first-order valence-corrected chi connectivity index (χ1v) is 11.3. The second kappa shape index (κ2) is 56.3. The summed E-state index contributed by atoms with van der Waals surface area (Å²) in [6, 6.07) is 0. The third-order valence-corrected chi connectivity index (χ3v) is 3.16. The third-order valence-electron chi connectivity index (χ3n) is 3.16. The average Bonchev–Trinajstić information content (AvgIpc) is 2.65. The Labute approximate surface area is 168 Å². The first-order valence-electron chi connectivity index (χ1n) is 11.3. The average molecular weight is 379 g/mol. The van der Waals surface area contributed by atoms with Gasteiger partial charge in [-0.1, -0.05) is 86.5 Å². The van der Waals surface area contributed by atoms with E-state index in [1.54, 1.807) is 0 Å². The molecule has 0 aliphatic rings. The molecule has 166 valence electrons. The van der Waals surface area contributed by atoms with Gasteiger partial charge in [-0.3, -0.25) is 0 Å². The fourth-order valence-electron chi connectivity index (χ4n) is 1.32. The number of nitrogens with two attached hydrogens (primary N) is 3. The van der Waals surface area contributed by atoms with E-state index in [0.717, 1.165) is 26.2 Å². The number of unbranched alkanes of at least 4 members (excludes halogenated alkanes) is 6. The minimum atomic E-state index is 0.844. The van der Waals surface area contributed by atoms with Gasteiger partial charge in [-0.2, -0.15) is 0 Å². The van der Waals surface area contributed by atoms with Crippen molar-refractivity contribution in [2.45, 2.75) is 112 Å². The molecule has 0 aromatic carbocycles. The Morgan fingerprint density at radius 1 is 0.462 bits per heavy atom. The molecule has 0 aliphatic heterocycles. The number of rotatable bonds is 11. The molecule has 0 aromatic heterocycles. The van der Waals surface area contributed by atoms with Crippen molar-refractivity contribution < 1.29 is 0 Å². The summed E-state index contributed by atoms with van der Waals surface area (Å²) in [5.74, 6) is 0. The van der Waals surface area contributed by atoms with E-state index in [2.05, 4.69) is 46.9 Å². The van der Waals surface area contributed by atoms with Gasteiger partial charge < -0.3 is 22.5 Å². The second-order valence-electron chi connectivity index (χ2n) is 6.24. The molecule has 4 nitrogen and oxygen atoms in total. The third kappa shape index (κ3) is 106. The van der Waals surface area contributed by atoms with Gasteiger partial charge in [0.1, 0.15) is 0 Å². The van der Waals surface area contributed by atoms with E-state index in [0.29, 0.717) is 0 Å². The molecule has 0 radical (unpaired) electrons. The van der Waals surface area contributed by atoms with Gasteiger partial charge in [-0.05, 0) is 58.9 Å². The van der Waals surface area contributed by atoms with E-state index in [1.165, 1.54) is 70.6 Å². The molecule has 0 heterocycles. The predicted molar refractivity (Wildman–Crippen MR) is 126 cm³/mol. The molecular formula is C22H58N4. The van der Waals surface area contributed by atoms with Crippen LogP contribution in [-0.4, -0.2) is 33.2 Å². The highest BCUT2D eigenvalue weighted by molar-refractivity contribution is 4.35. The molecule has 0 saturated heterocycles. The lowest BCUT2D eigenvalue weighted by Gasteiger charge is -1.89. The van der Waals surface area contributed by atoms with E-state index in [9.17, 15) is 0 Å². The van der Waals surface area contributed by atoms with Gasteiger partial charge in [0.25, 0.3) is 0 Å². The van der Waals surface area contributed by atoms with Crippen molar-refractivity contribution in [3.8, 4) is 0 Å². The molecule has 4 heteroatoms. The number of hydrogen-bond acceptors (Lipinski definition) is 4. The van der Waals surface area contributed by atoms with Crippen LogP contribution >= 0.6 is 0 Å². The molecule has 0 aliphatic carbocycles. The monoisotopic (exact) mass is 378 g/mol. The Hall–Kier alpha value is -0.160. The maximum atomic E-state index is 5.14. The van der Waals surface area contributed by atoms with Crippen LogP contribution in [0.4, 0.5) is 0 Å². The van der Waals surface area contributed by atoms with Crippen LogP contribution in [0.5, 0.6) is 0 Å². The topological polar surface area (TPSA) is 90.1 Å². The molecule has 0 spiro atoms. The van der Waals surface area contributed by atoms with Crippen LogP contribution in [0.2, 0.25) is 0 Å². The van der Waals surface area contributed by atoms with Crippen molar-refractivity contribution >= 4 is 0 Å². The van der Waals surface area contributed by atoms with Gasteiger partial charge in [0.15, 0.2) is 0 Å². The van der Waals surface area contributed by atoms with Gasteiger partial charge in [0, 0.05) is 0 Å². The van der Waals surface area contributed by atoms with Crippen LogP contribution in [-0.2, 0) is 0 Å². The number of nitrogens with one attached hydrogen (secondary N) is 1. The molecule has 7 N–H and O–H groups in total. The van der Waals surface area contributed by atoms with Gasteiger partial charge >= 0.3 is 0 Å². The van der Waals surface area contributed by atoms with Crippen molar-refractivity contribution in [1.29, 1.82) is 0 Å². The van der Waals surface area contributed by atoms with Crippen LogP contribution in [0.25, 0.3) is 0 Å². The first kappa shape index (κ1) is 36.7. The molecule has 0 fully saturated rings. The van der Waals surface area contributed by atoms with E-state index >= 15 is 0 Å². The minimum Gasteiger partial charge on any atom is -0.330 e. The number of hydrogen-bond donors (Lipinski definition) is 4. The van der Waals surface area contributed by atoms with Gasteiger partial charge in [-0.15, -0.1) is 0 Å². The smallest absolute Gasteiger partial charge is 0.00520 e. The van der Waals surface area contributed by atoms with Crippen LogP contribution in [0.3, 0.4) is 0 Å². The van der Waals surface area contributed by atoms with Crippen molar-refractivity contribution in [3.63, 3.8) is 0 Å². The standard InChI is InChI=1S/C5H13N.C5H12.3C4H11N/c1-3-4-5-6-2;1-3-5-4-2;3*1-2-3-4-5/h6H,3-5H2,1-2H3;3-5H2,1-2H3;3*2-5H2,1H3. The summed E-state index contributed by atoms with van der Waals surface area (Å²) >= 11 is 0. The van der Waals surface area contributed by atoms with E-state index in [1.807, 2.05) is 7.05 Å². The SMILES string of the molecule is CCCCC.CCCCN.CCCCN.CCCCN.CCCCNC. The zero-order valence-corrected chi connectivity index (χ0v) is 19.8. The maximum absolute atomic E-state index is 5.14. The fourth-order valence-corrected chi connectivity index (χ4v) is 1.32. The summed E-state index contributed by atoms with van der Waals surface area (Å²) in [7, 11) is 1.98. The zero-order chi connectivity index (χ0) is 21.3. The lowest BCUT2D eigenvalue weighted by atomic mass is 10.3. The Morgan fingerprint density at radius 3 is 0.769 bits per heavy atom. The zero-order valence-electron chi connectivity index (χ0n) is 19.8. The molecule has 0 atom stereocenters. The molecule has 0 rings (SSSR count). The molecular weight excluding hydrogens is 320 g/mol.